The smallest absolute Gasteiger partial charge is 0.337 e. The topological polar surface area (TPSA) is 105 Å². The maximum absolute atomic E-state index is 11.4. The molecule has 17 heavy (non-hydrogen) atoms. The number of hydrogen-bond donors (Lipinski definition) is 3. The van der Waals surface area contributed by atoms with E-state index in [2.05, 4.69) is 4.74 Å². The summed E-state index contributed by atoms with van der Waals surface area (Å²) in [6, 6.07) is 0. The molecule has 7 heteroatoms. The first-order valence-corrected chi connectivity index (χ1v) is 5.23. The average molecular weight is 250 g/mol. The van der Waals surface area contributed by atoms with Gasteiger partial charge in [0.25, 0.3) is 0 Å². The molecule has 100 valence electrons. The van der Waals surface area contributed by atoms with E-state index in [-0.39, 0.29) is 0 Å². The summed E-state index contributed by atoms with van der Waals surface area (Å²) in [4.78, 5) is 11.4. The summed E-state index contributed by atoms with van der Waals surface area (Å²) in [6.45, 7) is 2.50. The maximum Gasteiger partial charge on any atom is 0.337 e. The minimum Gasteiger partial charge on any atom is -0.467 e. The van der Waals surface area contributed by atoms with E-state index >= 15 is 0 Å². The summed E-state index contributed by atoms with van der Waals surface area (Å²) in [5.74, 6) is -1.77. The fourth-order valence-electron chi connectivity index (χ4n) is 1.66. The lowest BCUT2D eigenvalue weighted by Crippen LogP contribution is -2.47. The van der Waals surface area contributed by atoms with Gasteiger partial charge in [-0.3, -0.25) is 0 Å². The Hall–Kier alpha value is -0.730. The molecular formula is C10H18O7. The molecule has 0 bridgehead atoms. The van der Waals surface area contributed by atoms with Gasteiger partial charge in [0.05, 0.1) is 13.7 Å². The zero-order valence-electron chi connectivity index (χ0n) is 9.99. The van der Waals surface area contributed by atoms with Gasteiger partial charge in [-0.25, -0.2) is 4.79 Å². The number of esters is 1. The van der Waals surface area contributed by atoms with Crippen LogP contribution in [0, 0.1) is 0 Å². The Bertz CT molecular complexity index is 278. The van der Waals surface area contributed by atoms with Gasteiger partial charge in [-0.15, -0.1) is 0 Å². The van der Waals surface area contributed by atoms with E-state index in [1.54, 1.807) is 13.8 Å². The van der Waals surface area contributed by atoms with Crippen molar-refractivity contribution < 1.29 is 34.3 Å². The van der Waals surface area contributed by atoms with Gasteiger partial charge in [-0.2, -0.15) is 0 Å². The molecule has 0 aromatic rings. The number of carbonyl (C=O) groups excluding carboxylic acids is 1. The summed E-state index contributed by atoms with van der Waals surface area (Å²) in [5, 5.41) is 27.8. The van der Waals surface area contributed by atoms with Gasteiger partial charge in [0.2, 0.25) is 0 Å². The lowest BCUT2D eigenvalue weighted by Gasteiger charge is -2.24. The Morgan fingerprint density at radius 2 is 2.00 bits per heavy atom. The Morgan fingerprint density at radius 1 is 1.41 bits per heavy atom. The lowest BCUT2D eigenvalue weighted by atomic mass is 10.0. The SMILES string of the molecule is COC(=O)[C@H]1OC(C)(C)O[C@H]1[C@H](O)[C@@H](O)CO. The Kier molecular flexibility index (Phi) is 4.45. The Morgan fingerprint density at radius 3 is 2.47 bits per heavy atom. The predicted octanol–water partition coefficient (Wildman–Crippen LogP) is -1.61. The van der Waals surface area contributed by atoms with Crippen LogP contribution in [0.4, 0.5) is 0 Å². The third-order valence-corrected chi connectivity index (χ3v) is 2.48. The summed E-state index contributed by atoms with van der Waals surface area (Å²) >= 11 is 0. The molecule has 1 rings (SSSR count). The van der Waals surface area contributed by atoms with E-state index < -0.39 is 42.8 Å². The van der Waals surface area contributed by atoms with Crippen LogP contribution >= 0.6 is 0 Å². The molecule has 0 saturated carbocycles. The van der Waals surface area contributed by atoms with Crippen molar-refractivity contribution in [3.05, 3.63) is 0 Å². The molecule has 3 N–H and O–H groups in total. The first kappa shape index (κ1) is 14.3. The van der Waals surface area contributed by atoms with E-state index in [0.717, 1.165) is 0 Å². The highest BCUT2D eigenvalue weighted by Crippen LogP contribution is 2.31. The van der Waals surface area contributed by atoms with Crippen molar-refractivity contribution in [2.24, 2.45) is 0 Å². The molecule has 7 nitrogen and oxygen atoms in total. The highest BCUT2D eigenvalue weighted by atomic mass is 16.8. The van der Waals surface area contributed by atoms with Crippen LogP contribution in [0.25, 0.3) is 0 Å². The van der Waals surface area contributed by atoms with E-state index in [4.69, 9.17) is 14.6 Å². The zero-order chi connectivity index (χ0) is 13.2. The molecular weight excluding hydrogens is 232 g/mol. The normalized spacial score (nSPS) is 30.9. The highest BCUT2D eigenvalue weighted by molar-refractivity contribution is 5.75. The van der Waals surface area contributed by atoms with Crippen molar-refractivity contribution in [2.45, 2.75) is 44.1 Å². The molecule has 0 amide bonds. The Balaban J connectivity index is 2.83. The molecule has 0 aromatic carbocycles. The molecule has 0 aliphatic carbocycles. The predicted molar refractivity (Wildman–Crippen MR) is 54.9 cm³/mol. The second-order valence-electron chi connectivity index (χ2n) is 4.28. The third-order valence-electron chi connectivity index (χ3n) is 2.48. The number of ether oxygens (including phenoxy) is 3. The Labute approximate surface area is 98.9 Å². The quantitative estimate of drug-likeness (QED) is 0.516. The van der Waals surface area contributed by atoms with Gasteiger partial charge in [-0.05, 0) is 13.8 Å². The van der Waals surface area contributed by atoms with Gasteiger partial charge >= 0.3 is 5.97 Å². The third kappa shape index (κ3) is 3.14. The second-order valence-corrected chi connectivity index (χ2v) is 4.28. The molecule has 4 atom stereocenters. The largest absolute Gasteiger partial charge is 0.467 e. The maximum atomic E-state index is 11.4. The number of aliphatic hydroxyl groups excluding tert-OH is 3. The van der Waals surface area contributed by atoms with Crippen molar-refractivity contribution in [1.29, 1.82) is 0 Å². The van der Waals surface area contributed by atoms with Crippen LogP contribution in [0.5, 0.6) is 0 Å². The summed E-state index contributed by atoms with van der Waals surface area (Å²) in [6.07, 6.45) is -5.07. The summed E-state index contributed by atoms with van der Waals surface area (Å²) in [5.41, 5.74) is 0. The highest BCUT2D eigenvalue weighted by Gasteiger charge is 2.50. The molecule has 0 radical (unpaired) electrons. The van der Waals surface area contributed by atoms with Crippen LogP contribution in [0.15, 0.2) is 0 Å². The minimum atomic E-state index is -1.44. The van der Waals surface area contributed by atoms with Crippen LogP contribution in [0.2, 0.25) is 0 Å². The lowest BCUT2D eigenvalue weighted by molar-refractivity contribution is -0.171. The molecule has 0 aromatic heterocycles. The van der Waals surface area contributed by atoms with Gasteiger partial charge in [0, 0.05) is 0 Å². The average Bonchev–Trinajstić information content (AvgIpc) is 2.62. The molecule has 0 spiro atoms. The monoisotopic (exact) mass is 250 g/mol. The number of methoxy groups -OCH3 is 1. The number of rotatable bonds is 4. The first-order valence-electron chi connectivity index (χ1n) is 5.23. The summed E-state index contributed by atoms with van der Waals surface area (Å²) < 4.78 is 15.1. The van der Waals surface area contributed by atoms with E-state index in [1.165, 1.54) is 7.11 Å². The first-order chi connectivity index (χ1) is 7.82. The zero-order valence-corrected chi connectivity index (χ0v) is 9.99. The van der Waals surface area contributed by atoms with Crippen LogP contribution < -0.4 is 0 Å². The molecule has 1 aliphatic rings. The fourth-order valence-corrected chi connectivity index (χ4v) is 1.66. The van der Waals surface area contributed by atoms with Gasteiger partial charge in [-0.1, -0.05) is 0 Å². The minimum absolute atomic E-state index is 0.644. The van der Waals surface area contributed by atoms with Crippen molar-refractivity contribution in [3.63, 3.8) is 0 Å². The number of aliphatic hydroxyl groups is 3. The van der Waals surface area contributed by atoms with Crippen molar-refractivity contribution in [1.82, 2.24) is 0 Å². The molecule has 0 unspecified atom stereocenters. The molecule has 1 saturated heterocycles. The number of hydrogen-bond acceptors (Lipinski definition) is 7. The van der Waals surface area contributed by atoms with Crippen molar-refractivity contribution >= 4 is 5.97 Å². The van der Waals surface area contributed by atoms with E-state index in [0.29, 0.717) is 0 Å². The van der Waals surface area contributed by atoms with Gasteiger partial charge in [0.1, 0.15) is 18.3 Å². The molecule has 1 heterocycles. The van der Waals surface area contributed by atoms with E-state index in [9.17, 15) is 15.0 Å². The standard InChI is InChI=1S/C10H18O7/c1-10(2)16-7(6(13)5(12)4-11)8(17-10)9(14)15-3/h5-8,11-13H,4H2,1-3H3/t5-,6+,7-,8-/m0/s1. The molecule has 1 fully saturated rings. The van der Waals surface area contributed by atoms with Crippen LogP contribution in [0.1, 0.15) is 13.8 Å². The van der Waals surface area contributed by atoms with Crippen LogP contribution in [-0.2, 0) is 19.0 Å². The van der Waals surface area contributed by atoms with Crippen LogP contribution in [-0.4, -0.2) is 65.2 Å². The summed E-state index contributed by atoms with van der Waals surface area (Å²) in [7, 11) is 1.18. The second kappa shape index (κ2) is 5.28. The van der Waals surface area contributed by atoms with E-state index in [1.807, 2.05) is 0 Å². The van der Waals surface area contributed by atoms with Gasteiger partial charge in [0.15, 0.2) is 11.9 Å². The fraction of sp³-hybridized carbons (Fsp3) is 0.900. The van der Waals surface area contributed by atoms with Crippen molar-refractivity contribution in [2.75, 3.05) is 13.7 Å². The van der Waals surface area contributed by atoms with Crippen molar-refractivity contribution in [3.8, 4) is 0 Å². The van der Waals surface area contributed by atoms with Gasteiger partial charge < -0.3 is 29.5 Å². The number of carbonyl (C=O) groups is 1. The van der Waals surface area contributed by atoms with Crippen LogP contribution in [0.3, 0.4) is 0 Å². The molecule has 1 aliphatic heterocycles.